The van der Waals surface area contributed by atoms with Crippen LogP contribution in [0.4, 0.5) is 0 Å². The molecule has 7 heterocycles. The first-order chi connectivity index (χ1) is 54.4. The molecule has 0 radical (unpaired) electrons. The summed E-state index contributed by atoms with van der Waals surface area (Å²) in [4.78, 5) is 11.3. The molecule has 0 aliphatic carbocycles. The van der Waals surface area contributed by atoms with E-state index in [2.05, 4.69) is 335 Å². The molecule has 0 atom stereocenters. The van der Waals surface area contributed by atoms with Crippen molar-refractivity contribution in [3.8, 4) is 84.2 Å². The van der Waals surface area contributed by atoms with E-state index in [-0.39, 0.29) is 0 Å². The normalized spacial score (nSPS) is 12.2. The van der Waals surface area contributed by atoms with E-state index in [9.17, 15) is 0 Å². The van der Waals surface area contributed by atoms with Crippen LogP contribution in [0.2, 0.25) is 0 Å². The molecule has 24 rings (SSSR count). The monoisotopic (exact) mass is 1400 g/mol. The van der Waals surface area contributed by atoms with Crippen LogP contribution >= 0.6 is 0 Å². The SMILES string of the molecule is c1cc(-c2nc(-c3cccc(-n4c5ccccc5c5cc(-c6ccc7c(c6)oc6ccccc67)ccc54)c3)c3cc(-c4ccc5cc(-n6c7ccccc7c7cc(-c8ccc9c(c8)oc8ccccc89)ccc76)ccc5c4)ccc3n2)cc(-n2c3ccccc3c3cc(-c4ccc5c(c4)oc4ccccc45)ccc32)c1. The summed E-state index contributed by atoms with van der Waals surface area (Å²) in [5.74, 6) is 0.632. The number of fused-ring (bicyclic) bond motifs is 20. The molecular weight excluding hydrogens is 1340 g/mol. The van der Waals surface area contributed by atoms with Gasteiger partial charge in [0.25, 0.3) is 0 Å². The highest BCUT2D eigenvalue weighted by Gasteiger charge is 2.23. The van der Waals surface area contributed by atoms with Gasteiger partial charge in [0.05, 0.1) is 44.3 Å². The zero-order valence-electron chi connectivity index (χ0n) is 59.0. The summed E-state index contributed by atoms with van der Waals surface area (Å²) < 4.78 is 26.3. The second-order valence-electron chi connectivity index (χ2n) is 29.2. The van der Waals surface area contributed by atoms with Crippen molar-refractivity contribution in [3.05, 3.63) is 358 Å². The van der Waals surface area contributed by atoms with Crippen molar-refractivity contribution < 1.29 is 13.3 Å². The van der Waals surface area contributed by atoms with Crippen LogP contribution in [0.5, 0.6) is 0 Å². The lowest BCUT2D eigenvalue weighted by Gasteiger charge is -2.15. The van der Waals surface area contributed by atoms with Gasteiger partial charge in [0.2, 0.25) is 0 Å². The first-order valence-corrected chi connectivity index (χ1v) is 37.4. The Hall–Kier alpha value is -14.9. The van der Waals surface area contributed by atoms with Crippen molar-refractivity contribution >= 4 is 153 Å². The highest BCUT2D eigenvalue weighted by atomic mass is 16.3. The van der Waals surface area contributed by atoms with Gasteiger partial charge in [-0.1, -0.05) is 194 Å². The van der Waals surface area contributed by atoms with Gasteiger partial charge < -0.3 is 27.0 Å². The number of rotatable bonds is 9. The summed E-state index contributed by atoms with van der Waals surface area (Å²) in [6.07, 6.45) is 0. The molecule has 8 heteroatoms. The molecule has 0 saturated heterocycles. The van der Waals surface area contributed by atoms with Crippen molar-refractivity contribution in [3.63, 3.8) is 0 Å². The Morgan fingerprint density at radius 3 is 1.00 bits per heavy atom. The molecule has 510 valence electrons. The van der Waals surface area contributed by atoms with Crippen LogP contribution in [-0.4, -0.2) is 23.7 Å². The third kappa shape index (κ3) is 9.27. The molecule has 0 bridgehead atoms. The van der Waals surface area contributed by atoms with E-state index in [0.29, 0.717) is 5.82 Å². The van der Waals surface area contributed by atoms with E-state index in [1.165, 1.54) is 26.9 Å². The largest absolute Gasteiger partial charge is 0.456 e. The Labute approximate surface area is 628 Å². The Morgan fingerprint density at radius 1 is 0.182 bits per heavy atom. The van der Waals surface area contributed by atoms with Gasteiger partial charge in [0.1, 0.15) is 33.5 Å². The van der Waals surface area contributed by atoms with E-state index in [4.69, 9.17) is 23.2 Å². The van der Waals surface area contributed by atoms with E-state index in [1.54, 1.807) is 0 Å². The van der Waals surface area contributed by atoms with Crippen LogP contribution in [0.1, 0.15) is 0 Å². The van der Waals surface area contributed by atoms with Crippen molar-refractivity contribution in [1.29, 1.82) is 0 Å². The molecule has 0 unspecified atom stereocenters. The highest BCUT2D eigenvalue weighted by molar-refractivity contribution is 6.15. The summed E-state index contributed by atoms with van der Waals surface area (Å²) in [5, 5.41) is 17.1. The van der Waals surface area contributed by atoms with Gasteiger partial charge in [-0.2, -0.15) is 0 Å². The average molecular weight is 1400 g/mol. The third-order valence-electron chi connectivity index (χ3n) is 23.0. The Morgan fingerprint density at radius 2 is 0.518 bits per heavy atom. The van der Waals surface area contributed by atoms with Crippen LogP contribution in [0.3, 0.4) is 0 Å². The summed E-state index contributed by atoms with van der Waals surface area (Å²) in [5.41, 5.74) is 27.7. The molecule has 110 heavy (non-hydrogen) atoms. The lowest BCUT2D eigenvalue weighted by atomic mass is 9.97. The zero-order valence-corrected chi connectivity index (χ0v) is 59.0. The average Bonchev–Trinajstić information content (AvgIpc) is 1.56. The first-order valence-electron chi connectivity index (χ1n) is 37.4. The van der Waals surface area contributed by atoms with Crippen molar-refractivity contribution in [2.75, 3.05) is 0 Å². The van der Waals surface area contributed by atoms with E-state index in [1.807, 2.05) is 36.4 Å². The smallest absolute Gasteiger partial charge is 0.160 e. The minimum Gasteiger partial charge on any atom is -0.456 e. The van der Waals surface area contributed by atoms with Gasteiger partial charge in [-0.05, 0) is 219 Å². The van der Waals surface area contributed by atoms with Crippen LogP contribution < -0.4 is 0 Å². The lowest BCUT2D eigenvalue weighted by Crippen LogP contribution is -1.99. The second-order valence-corrected chi connectivity index (χ2v) is 29.2. The molecule has 0 aliphatic heterocycles. The number of nitrogens with zero attached hydrogens (tertiary/aromatic N) is 5. The topological polar surface area (TPSA) is 80.0 Å². The molecule has 7 aromatic heterocycles. The Kier molecular flexibility index (Phi) is 12.8. The maximum atomic E-state index is 6.40. The lowest BCUT2D eigenvalue weighted by molar-refractivity contribution is 0.668. The second kappa shape index (κ2) is 23.3. The highest BCUT2D eigenvalue weighted by Crippen LogP contribution is 2.44. The van der Waals surface area contributed by atoms with E-state index >= 15 is 0 Å². The summed E-state index contributed by atoms with van der Waals surface area (Å²) in [6.45, 7) is 0. The molecule has 0 fully saturated rings. The molecule has 0 N–H and O–H groups in total. The number of aromatic nitrogens is 5. The fraction of sp³-hybridized carbons (Fsp3) is 0. The standard InChI is InChI=1S/C102H59N5O3/c1-7-25-89-75(19-1)84-53-64(67-34-42-81-78-22-4-10-28-95(78)108-98(81)57-67)38-46-92(84)105(89)72-17-13-15-70(51-72)101-87-56-63(60-31-32-62-50-74(41-33-61(62)49-60)107-91-27-9-3-21-77(91)86-55-66(40-48-94(86)107)69-36-44-83-80-24-6-12-30-97(80)110-100(83)59-69)37-45-88(87)103-102(104-101)71-16-14-18-73(52-71)106-90-26-8-2-20-76(90)85-54-65(39-47-93(85)106)68-35-43-82-79-23-5-11-29-96(79)109-99(82)58-68/h1-59H. The van der Waals surface area contributed by atoms with E-state index < -0.39 is 0 Å². The first kappa shape index (κ1) is 60.4. The molecule has 0 spiro atoms. The number of furan rings is 3. The van der Waals surface area contributed by atoms with Crippen LogP contribution in [0, 0.1) is 0 Å². The Balaban J connectivity index is 0.624. The molecule has 17 aromatic carbocycles. The van der Waals surface area contributed by atoms with Gasteiger partial charge in [-0.15, -0.1) is 0 Å². The number of para-hydroxylation sites is 6. The van der Waals surface area contributed by atoms with Crippen LogP contribution in [0.15, 0.2) is 371 Å². The summed E-state index contributed by atoms with van der Waals surface area (Å²) in [7, 11) is 0. The van der Waals surface area contributed by atoms with Gasteiger partial charge in [0, 0.05) is 98.2 Å². The predicted octanol–water partition coefficient (Wildman–Crippen LogP) is 27.8. The minimum atomic E-state index is 0.632. The summed E-state index contributed by atoms with van der Waals surface area (Å²) in [6, 6.07) is 129. The van der Waals surface area contributed by atoms with Gasteiger partial charge in [-0.3, -0.25) is 0 Å². The van der Waals surface area contributed by atoms with Gasteiger partial charge in [0.15, 0.2) is 5.82 Å². The molecule has 0 aliphatic rings. The predicted molar refractivity (Wildman–Crippen MR) is 455 cm³/mol. The molecule has 0 saturated carbocycles. The third-order valence-corrected chi connectivity index (χ3v) is 23.0. The van der Waals surface area contributed by atoms with Crippen LogP contribution in [-0.2, 0) is 0 Å². The maximum absolute atomic E-state index is 6.40. The minimum absolute atomic E-state index is 0.632. The number of hydrogen-bond donors (Lipinski definition) is 0. The quantitative estimate of drug-likeness (QED) is 0.144. The number of benzene rings is 17. The van der Waals surface area contributed by atoms with Crippen molar-refractivity contribution in [2.24, 2.45) is 0 Å². The number of hydrogen-bond acceptors (Lipinski definition) is 5. The molecule has 8 nitrogen and oxygen atoms in total. The molecule has 0 amide bonds. The van der Waals surface area contributed by atoms with E-state index in [0.717, 1.165) is 204 Å². The Bertz CT molecular complexity index is 8070. The summed E-state index contributed by atoms with van der Waals surface area (Å²) >= 11 is 0. The van der Waals surface area contributed by atoms with Crippen molar-refractivity contribution in [1.82, 2.24) is 23.7 Å². The fourth-order valence-corrected chi connectivity index (χ4v) is 17.8. The van der Waals surface area contributed by atoms with Gasteiger partial charge in [-0.25, -0.2) is 9.97 Å². The zero-order chi connectivity index (χ0) is 71.8. The van der Waals surface area contributed by atoms with Crippen molar-refractivity contribution in [2.45, 2.75) is 0 Å². The van der Waals surface area contributed by atoms with Gasteiger partial charge >= 0.3 is 0 Å². The molecule has 24 aromatic rings. The molecular formula is C102H59N5O3. The van der Waals surface area contributed by atoms with Crippen LogP contribution in [0.25, 0.3) is 237 Å². The fourth-order valence-electron chi connectivity index (χ4n) is 17.8. The maximum Gasteiger partial charge on any atom is 0.160 e.